The van der Waals surface area contributed by atoms with Crippen LogP contribution in [0, 0.1) is 0 Å². The summed E-state index contributed by atoms with van der Waals surface area (Å²) in [4.78, 5) is 15.4. The predicted molar refractivity (Wildman–Crippen MR) is 101 cm³/mol. The molecule has 1 heterocycles. The summed E-state index contributed by atoms with van der Waals surface area (Å²) in [5.74, 6) is 0.712. The predicted octanol–water partition coefficient (Wildman–Crippen LogP) is 4.25. The molecule has 0 spiro atoms. The molecule has 4 heteroatoms. The monoisotopic (exact) mass is 338 g/mol. The topological polar surface area (TPSA) is 41.6 Å². The highest BCUT2D eigenvalue weighted by molar-refractivity contribution is 5.96. The number of nitrogens with zero attached hydrogens (tertiary/aromatic N) is 1. The number of likely N-dealkylation sites (tertiary alicyclic amines) is 1. The number of hydrogen-bond donors (Lipinski definition) is 1. The molecular weight excluding hydrogens is 312 g/mol. The molecule has 1 atom stereocenters. The summed E-state index contributed by atoms with van der Waals surface area (Å²) >= 11 is 0. The smallest absolute Gasteiger partial charge is 0.246 e. The van der Waals surface area contributed by atoms with Gasteiger partial charge >= 0.3 is 0 Å². The average Bonchev–Trinajstić information content (AvgIpc) is 2.65. The SMILES string of the molecule is CCOc1ccccc1NC(=O)C(c1ccccc1)N1CCCCC1. The number of amides is 1. The number of ether oxygens (including phenoxy) is 1. The van der Waals surface area contributed by atoms with Gasteiger partial charge < -0.3 is 10.1 Å². The van der Waals surface area contributed by atoms with Gasteiger partial charge in [0, 0.05) is 0 Å². The van der Waals surface area contributed by atoms with Gasteiger partial charge in [-0.1, -0.05) is 48.9 Å². The Hall–Kier alpha value is -2.33. The van der Waals surface area contributed by atoms with E-state index in [1.165, 1.54) is 6.42 Å². The second-order valence-corrected chi connectivity index (χ2v) is 6.33. The van der Waals surface area contributed by atoms with E-state index in [4.69, 9.17) is 4.74 Å². The molecule has 0 bridgehead atoms. The summed E-state index contributed by atoms with van der Waals surface area (Å²) in [5.41, 5.74) is 1.77. The third-order valence-corrected chi connectivity index (χ3v) is 4.56. The first-order valence-electron chi connectivity index (χ1n) is 9.11. The summed E-state index contributed by atoms with van der Waals surface area (Å²) in [6.45, 7) is 4.43. The molecule has 3 rings (SSSR count). The van der Waals surface area contributed by atoms with E-state index in [1.807, 2.05) is 61.5 Å². The van der Waals surface area contributed by atoms with Gasteiger partial charge in [-0.2, -0.15) is 0 Å². The number of nitrogens with one attached hydrogen (secondary N) is 1. The molecule has 1 saturated heterocycles. The summed E-state index contributed by atoms with van der Waals surface area (Å²) in [5, 5.41) is 3.09. The largest absolute Gasteiger partial charge is 0.492 e. The van der Waals surface area contributed by atoms with E-state index in [0.717, 1.165) is 37.2 Å². The molecule has 1 unspecified atom stereocenters. The van der Waals surface area contributed by atoms with E-state index in [-0.39, 0.29) is 11.9 Å². The second kappa shape index (κ2) is 8.67. The third-order valence-electron chi connectivity index (χ3n) is 4.56. The first-order chi connectivity index (χ1) is 12.3. The molecule has 25 heavy (non-hydrogen) atoms. The zero-order chi connectivity index (χ0) is 17.5. The number of piperidine rings is 1. The zero-order valence-corrected chi connectivity index (χ0v) is 14.8. The Labute approximate surface area is 149 Å². The van der Waals surface area contributed by atoms with Crippen LogP contribution in [-0.4, -0.2) is 30.5 Å². The van der Waals surface area contributed by atoms with E-state index in [2.05, 4.69) is 10.2 Å². The van der Waals surface area contributed by atoms with Crippen molar-refractivity contribution in [3.05, 3.63) is 60.2 Å². The van der Waals surface area contributed by atoms with Gasteiger partial charge in [0.2, 0.25) is 5.91 Å². The van der Waals surface area contributed by atoms with Gasteiger partial charge in [-0.05, 0) is 50.6 Å². The Morgan fingerprint density at radius 1 is 1.04 bits per heavy atom. The fourth-order valence-electron chi connectivity index (χ4n) is 3.39. The van der Waals surface area contributed by atoms with Crippen molar-refractivity contribution in [3.63, 3.8) is 0 Å². The number of para-hydroxylation sites is 2. The van der Waals surface area contributed by atoms with Gasteiger partial charge in [-0.25, -0.2) is 0 Å². The highest BCUT2D eigenvalue weighted by Crippen LogP contribution is 2.29. The minimum absolute atomic E-state index is 0.000234. The molecule has 0 radical (unpaired) electrons. The number of anilines is 1. The lowest BCUT2D eigenvalue weighted by molar-refractivity contribution is -0.122. The molecule has 1 aliphatic heterocycles. The maximum absolute atomic E-state index is 13.2. The Morgan fingerprint density at radius 2 is 1.72 bits per heavy atom. The van der Waals surface area contributed by atoms with Crippen LogP contribution < -0.4 is 10.1 Å². The van der Waals surface area contributed by atoms with Crippen LogP contribution in [-0.2, 0) is 4.79 Å². The number of carbonyl (C=O) groups excluding carboxylic acids is 1. The van der Waals surface area contributed by atoms with Crippen molar-refractivity contribution in [2.75, 3.05) is 25.0 Å². The van der Waals surface area contributed by atoms with Crippen molar-refractivity contribution >= 4 is 11.6 Å². The molecule has 1 fully saturated rings. The zero-order valence-electron chi connectivity index (χ0n) is 14.8. The summed E-state index contributed by atoms with van der Waals surface area (Å²) in [7, 11) is 0. The van der Waals surface area contributed by atoms with E-state index in [0.29, 0.717) is 12.4 Å². The molecule has 0 saturated carbocycles. The minimum atomic E-state index is -0.267. The first kappa shape index (κ1) is 17.5. The minimum Gasteiger partial charge on any atom is -0.492 e. The Kier molecular flexibility index (Phi) is 6.07. The van der Waals surface area contributed by atoms with Crippen LogP contribution in [0.25, 0.3) is 0 Å². The summed E-state index contributed by atoms with van der Waals surface area (Å²) < 4.78 is 5.64. The molecule has 2 aromatic rings. The van der Waals surface area contributed by atoms with E-state index in [1.54, 1.807) is 0 Å². The molecule has 1 aliphatic rings. The molecule has 4 nitrogen and oxygen atoms in total. The molecule has 132 valence electrons. The molecular formula is C21H26N2O2. The van der Waals surface area contributed by atoms with Crippen molar-refractivity contribution in [2.24, 2.45) is 0 Å². The highest BCUT2D eigenvalue weighted by Gasteiger charge is 2.29. The lowest BCUT2D eigenvalue weighted by Gasteiger charge is -2.34. The van der Waals surface area contributed by atoms with Crippen LogP contribution in [0.1, 0.15) is 37.8 Å². The number of hydrogen-bond acceptors (Lipinski definition) is 3. The van der Waals surface area contributed by atoms with E-state index >= 15 is 0 Å². The van der Waals surface area contributed by atoms with Gasteiger partial charge in [0.15, 0.2) is 0 Å². The Bertz CT molecular complexity index is 681. The van der Waals surface area contributed by atoms with Crippen LogP contribution in [0.2, 0.25) is 0 Å². The first-order valence-corrected chi connectivity index (χ1v) is 9.11. The molecule has 1 N–H and O–H groups in total. The maximum Gasteiger partial charge on any atom is 0.246 e. The summed E-state index contributed by atoms with van der Waals surface area (Å²) in [6.07, 6.45) is 3.53. The van der Waals surface area contributed by atoms with Crippen LogP contribution >= 0.6 is 0 Å². The lowest BCUT2D eigenvalue weighted by atomic mass is 10.0. The summed E-state index contributed by atoms with van der Waals surface area (Å²) in [6, 6.07) is 17.4. The molecule has 0 aliphatic carbocycles. The normalized spacial score (nSPS) is 16.2. The Morgan fingerprint density at radius 3 is 2.44 bits per heavy atom. The molecule has 2 aromatic carbocycles. The Balaban J connectivity index is 1.84. The van der Waals surface area contributed by atoms with E-state index < -0.39 is 0 Å². The fourth-order valence-corrected chi connectivity index (χ4v) is 3.39. The van der Waals surface area contributed by atoms with Crippen molar-refractivity contribution in [1.29, 1.82) is 0 Å². The molecule has 1 amide bonds. The quantitative estimate of drug-likeness (QED) is 0.856. The van der Waals surface area contributed by atoms with Gasteiger partial charge in [0.05, 0.1) is 12.3 Å². The number of carbonyl (C=O) groups is 1. The van der Waals surface area contributed by atoms with Crippen LogP contribution in [0.4, 0.5) is 5.69 Å². The van der Waals surface area contributed by atoms with Crippen molar-refractivity contribution in [1.82, 2.24) is 4.90 Å². The average molecular weight is 338 g/mol. The molecule has 0 aromatic heterocycles. The van der Waals surface area contributed by atoms with Crippen molar-refractivity contribution in [2.45, 2.75) is 32.2 Å². The van der Waals surface area contributed by atoms with Crippen LogP contribution in [0.5, 0.6) is 5.75 Å². The van der Waals surface area contributed by atoms with Crippen molar-refractivity contribution in [3.8, 4) is 5.75 Å². The standard InChI is InChI=1S/C21H26N2O2/c1-2-25-19-14-8-7-13-18(19)22-21(24)20(17-11-5-3-6-12-17)23-15-9-4-10-16-23/h3,5-8,11-14,20H,2,4,9-10,15-16H2,1H3,(H,22,24). The van der Waals surface area contributed by atoms with Crippen molar-refractivity contribution < 1.29 is 9.53 Å². The maximum atomic E-state index is 13.2. The third kappa shape index (κ3) is 4.40. The van der Waals surface area contributed by atoms with Crippen LogP contribution in [0.3, 0.4) is 0 Å². The van der Waals surface area contributed by atoms with Gasteiger partial charge in [0.25, 0.3) is 0 Å². The van der Waals surface area contributed by atoms with Gasteiger partial charge in [-0.3, -0.25) is 9.69 Å². The van der Waals surface area contributed by atoms with Gasteiger partial charge in [0.1, 0.15) is 11.8 Å². The van der Waals surface area contributed by atoms with Gasteiger partial charge in [-0.15, -0.1) is 0 Å². The lowest BCUT2D eigenvalue weighted by Crippen LogP contribution is -2.40. The second-order valence-electron chi connectivity index (χ2n) is 6.33. The fraction of sp³-hybridized carbons (Fsp3) is 0.381. The van der Waals surface area contributed by atoms with Crippen LogP contribution in [0.15, 0.2) is 54.6 Å². The van der Waals surface area contributed by atoms with E-state index in [9.17, 15) is 4.79 Å². The number of benzene rings is 2. The number of rotatable bonds is 6. The highest BCUT2D eigenvalue weighted by atomic mass is 16.5.